The monoisotopic (exact) mass is 345 g/mol. The van der Waals surface area contributed by atoms with Crippen molar-refractivity contribution in [1.82, 2.24) is 15.1 Å². The van der Waals surface area contributed by atoms with Crippen LogP contribution in [0.1, 0.15) is 32.3 Å². The van der Waals surface area contributed by atoms with Crippen molar-refractivity contribution >= 4 is 11.8 Å². The first-order valence-electron chi connectivity index (χ1n) is 9.26. The number of nitrogens with zero attached hydrogens (tertiary/aromatic N) is 2. The van der Waals surface area contributed by atoms with Crippen LogP contribution in [0.25, 0.3) is 0 Å². The number of carbonyl (C=O) groups is 2. The number of hydrogen-bond acceptors (Lipinski definition) is 3. The van der Waals surface area contributed by atoms with Gasteiger partial charge in [0.25, 0.3) is 0 Å². The Morgan fingerprint density at radius 1 is 1.08 bits per heavy atom. The number of aryl methyl sites for hydroxylation is 1. The van der Waals surface area contributed by atoms with Crippen LogP contribution in [0.3, 0.4) is 0 Å². The zero-order chi connectivity index (χ0) is 18.2. The Bertz CT molecular complexity index is 551. The lowest BCUT2D eigenvalue weighted by Gasteiger charge is -2.35. The molecule has 138 valence electrons. The molecule has 1 N–H and O–H groups in total. The van der Waals surface area contributed by atoms with Crippen molar-refractivity contribution in [2.75, 3.05) is 33.2 Å². The number of benzene rings is 1. The second-order valence-corrected chi connectivity index (χ2v) is 7.36. The first kappa shape index (κ1) is 19.4. The highest BCUT2D eigenvalue weighted by atomic mass is 16.2. The zero-order valence-electron chi connectivity index (χ0n) is 15.7. The van der Waals surface area contributed by atoms with E-state index in [2.05, 4.69) is 31.1 Å². The van der Waals surface area contributed by atoms with E-state index in [9.17, 15) is 9.59 Å². The maximum atomic E-state index is 12.8. The summed E-state index contributed by atoms with van der Waals surface area (Å²) in [5.74, 6) is 0.377. The molecule has 1 aromatic rings. The summed E-state index contributed by atoms with van der Waals surface area (Å²) < 4.78 is 0. The molecule has 1 aromatic carbocycles. The fourth-order valence-corrected chi connectivity index (χ4v) is 3.11. The first-order valence-corrected chi connectivity index (χ1v) is 9.26. The van der Waals surface area contributed by atoms with Crippen LogP contribution in [0.2, 0.25) is 0 Å². The van der Waals surface area contributed by atoms with Crippen LogP contribution in [-0.4, -0.2) is 60.9 Å². The Balaban J connectivity index is 1.89. The molecule has 1 aliphatic rings. The summed E-state index contributed by atoms with van der Waals surface area (Å²) in [6.07, 6.45) is 1.79. The van der Waals surface area contributed by atoms with Gasteiger partial charge in [-0.3, -0.25) is 9.59 Å². The van der Waals surface area contributed by atoms with Crippen LogP contribution in [0, 0.1) is 5.92 Å². The van der Waals surface area contributed by atoms with Gasteiger partial charge in [0, 0.05) is 32.6 Å². The van der Waals surface area contributed by atoms with E-state index in [0.29, 0.717) is 25.2 Å². The quantitative estimate of drug-likeness (QED) is 0.821. The average Bonchev–Trinajstić information content (AvgIpc) is 2.60. The molecule has 1 heterocycles. The molecule has 1 saturated heterocycles. The van der Waals surface area contributed by atoms with Crippen LogP contribution in [0.15, 0.2) is 30.3 Å². The van der Waals surface area contributed by atoms with Crippen molar-refractivity contribution in [3.8, 4) is 0 Å². The molecule has 5 heteroatoms. The van der Waals surface area contributed by atoms with E-state index in [1.54, 1.807) is 0 Å². The van der Waals surface area contributed by atoms with E-state index in [0.717, 1.165) is 31.7 Å². The highest BCUT2D eigenvalue weighted by molar-refractivity contribution is 5.87. The van der Waals surface area contributed by atoms with Crippen molar-refractivity contribution in [3.05, 3.63) is 35.9 Å². The number of carbonyl (C=O) groups excluding carboxylic acids is 2. The minimum Gasteiger partial charge on any atom is -0.344 e. The molecular formula is C20H31N3O2. The molecule has 25 heavy (non-hydrogen) atoms. The number of hydrogen-bond donors (Lipinski definition) is 1. The van der Waals surface area contributed by atoms with Gasteiger partial charge in [-0.05, 0) is 31.4 Å². The molecule has 0 spiro atoms. The lowest BCUT2D eigenvalue weighted by atomic mass is 10.0. The summed E-state index contributed by atoms with van der Waals surface area (Å²) in [4.78, 5) is 29.3. The van der Waals surface area contributed by atoms with E-state index >= 15 is 0 Å². The van der Waals surface area contributed by atoms with E-state index in [-0.39, 0.29) is 11.8 Å². The average molecular weight is 345 g/mol. The third-order valence-corrected chi connectivity index (χ3v) is 4.64. The minimum absolute atomic E-state index is 0.0445. The number of amides is 2. The third-order valence-electron chi connectivity index (χ3n) is 4.64. The fraction of sp³-hybridized carbons (Fsp3) is 0.600. The highest BCUT2D eigenvalue weighted by Crippen LogP contribution is 2.11. The van der Waals surface area contributed by atoms with Gasteiger partial charge in [-0.25, -0.2) is 0 Å². The molecule has 5 nitrogen and oxygen atoms in total. The van der Waals surface area contributed by atoms with E-state index in [4.69, 9.17) is 0 Å². The predicted molar refractivity (Wildman–Crippen MR) is 100 cm³/mol. The van der Waals surface area contributed by atoms with Gasteiger partial charge in [0.15, 0.2) is 0 Å². The third kappa shape index (κ3) is 6.50. The maximum absolute atomic E-state index is 12.8. The van der Waals surface area contributed by atoms with Crippen LogP contribution >= 0.6 is 0 Å². The fourth-order valence-electron chi connectivity index (χ4n) is 3.11. The standard InChI is InChI=1S/C20H31N3O2/c1-16(2)15-18(20(25)23-13-11-22(3)12-14-23)21-19(24)10-9-17-7-5-4-6-8-17/h4-8,16,18H,9-15H2,1-3H3,(H,21,24)/t18-/m1/s1. The lowest BCUT2D eigenvalue weighted by Crippen LogP contribution is -2.54. The Morgan fingerprint density at radius 2 is 1.72 bits per heavy atom. The predicted octanol–water partition coefficient (Wildman–Crippen LogP) is 1.92. The van der Waals surface area contributed by atoms with E-state index < -0.39 is 6.04 Å². The Hall–Kier alpha value is -1.88. The van der Waals surface area contributed by atoms with Gasteiger partial charge in [-0.2, -0.15) is 0 Å². The number of nitrogens with one attached hydrogen (secondary N) is 1. The Kier molecular flexibility index (Phi) is 7.44. The van der Waals surface area contributed by atoms with Gasteiger partial charge in [0.1, 0.15) is 6.04 Å². The summed E-state index contributed by atoms with van der Waals surface area (Å²) in [6, 6.07) is 9.56. The molecule has 0 bridgehead atoms. The SMILES string of the molecule is CC(C)C[C@@H](NC(=O)CCc1ccccc1)C(=O)N1CCN(C)CC1. The second-order valence-electron chi connectivity index (χ2n) is 7.36. The van der Waals surface area contributed by atoms with Gasteiger partial charge in [0.2, 0.25) is 11.8 Å². The summed E-state index contributed by atoms with van der Waals surface area (Å²) >= 11 is 0. The summed E-state index contributed by atoms with van der Waals surface area (Å²) in [5.41, 5.74) is 1.14. The van der Waals surface area contributed by atoms with Crippen molar-refractivity contribution < 1.29 is 9.59 Å². The second kappa shape index (κ2) is 9.56. The van der Waals surface area contributed by atoms with Gasteiger partial charge in [-0.15, -0.1) is 0 Å². The lowest BCUT2D eigenvalue weighted by molar-refractivity contribution is -0.138. The Morgan fingerprint density at radius 3 is 2.32 bits per heavy atom. The molecule has 0 unspecified atom stereocenters. The minimum atomic E-state index is -0.410. The van der Waals surface area contributed by atoms with Crippen molar-refractivity contribution in [2.24, 2.45) is 5.92 Å². The molecule has 0 aromatic heterocycles. The van der Waals surface area contributed by atoms with Crippen molar-refractivity contribution in [1.29, 1.82) is 0 Å². The number of piperazine rings is 1. The van der Waals surface area contributed by atoms with E-state index in [1.165, 1.54) is 0 Å². The molecule has 0 aliphatic carbocycles. The summed E-state index contributed by atoms with van der Waals surface area (Å²) in [7, 11) is 2.07. The molecule has 2 amide bonds. The molecule has 0 radical (unpaired) electrons. The van der Waals surface area contributed by atoms with Crippen LogP contribution in [0.5, 0.6) is 0 Å². The normalized spacial score (nSPS) is 16.7. The molecule has 0 saturated carbocycles. The van der Waals surface area contributed by atoms with Gasteiger partial charge in [0.05, 0.1) is 0 Å². The Labute approximate surface area is 151 Å². The van der Waals surface area contributed by atoms with Crippen molar-refractivity contribution in [3.63, 3.8) is 0 Å². The van der Waals surface area contributed by atoms with Crippen LogP contribution in [0.4, 0.5) is 0 Å². The number of likely N-dealkylation sites (N-methyl/N-ethyl adjacent to an activating group) is 1. The van der Waals surface area contributed by atoms with Crippen molar-refractivity contribution in [2.45, 2.75) is 39.2 Å². The first-order chi connectivity index (χ1) is 12.0. The zero-order valence-corrected chi connectivity index (χ0v) is 15.7. The molecule has 1 atom stereocenters. The van der Waals surface area contributed by atoms with Gasteiger partial charge < -0.3 is 15.1 Å². The molecule has 1 aliphatic heterocycles. The van der Waals surface area contributed by atoms with Crippen LogP contribution < -0.4 is 5.32 Å². The topological polar surface area (TPSA) is 52.7 Å². The maximum Gasteiger partial charge on any atom is 0.245 e. The summed E-state index contributed by atoms with van der Waals surface area (Å²) in [5, 5.41) is 2.98. The van der Waals surface area contributed by atoms with Gasteiger partial charge >= 0.3 is 0 Å². The smallest absolute Gasteiger partial charge is 0.245 e. The van der Waals surface area contributed by atoms with E-state index in [1.807, 2.05) is 35.2 Å². The molecular weight excluding hydrogens is 314 g/mol. The number of rotatable bonds is 7. The van der Waals surface area contributed by atoms with Gasteiger partial charge in [-0.1, -0.05) is 44.2 Å². The largest absolute Gasteiger partial charge is 0.344 e. The molecule has 2 rings (SSSR count). The highest BCUT2D eigenvalue weighted by Gasteiger charge is 2.28. The van der Waals surface area contributed by atoms with Crippen LogP contribution in [-0.2, 0) is 16.0 Å². The molecule has 1 fully saturated rings. The summed E-state index contributed by atoms with van der Waals surface area (Å²) in [6.45, 7) is 7.43.